The second kappa shape index (κ2) is 5.73. The Bertz CT molecular complexity index is 435. The molecule has 2 aliphatic rings. The highest BCUT2D eigenvalue weighted by Crippen LogP contribution is 2.40. The summed E-state index contributed by atoms with van der Waals surface area (Å²) in [5.41, 5.74) is 0. The van der Waals surface area contributed by atoms with Crippen LogP contribution in [0, 0.1) is 0 Å². The maximum atomic E-state index is 13.1. The summed E-state index contributed by atoms with van der Waals surface area (Å²) in [6, 6.07) is 0. The van der Waals surface area contributed by atoms with Gasteiger partial charge in [0.1, 0.15) is 0 Å². The molecule has 1 saturated carbocycles. The van der Waals surface area contributed by atoms with Crippen molar-refractivity contribution in [3.05, 3.63) is 11.7 Å². The highest BCUT2D eigenvalue weighted by Gasteiger charge is 2.37. The zero-order chi connectivity index (χ0) is 14.0. The van der Waals surface area contributed by atoms with Gasteiger partial charge in [-0.25, -0.2) is 8.78 Å². The van der Waals surface area contributed by atoms with Gasteiger partial charge in [0, 0.05) is 44.9 Å². The molecule has 3 rings (SSSR count). The number of nitrogens with zero attached hydrogens (tertiary/aromatic N) is 3. The molecule has 0 aromatic carbocycles. The summed E-state index contributed by atoms with van der Waals surface area (Å²) in [5.74, 6) is -1.32. The van der Waals surface area contributed by atoms with Crippen molar-refractivity contribution in [2.75, 3.05) is 26.2 Å². The molecule has 0 spiro atoms. The fourth-order valence-electron chi connectivity index (χ4n) is 2.85. The third-order valence-electron chi connectivity index (χ3n) is 4.12. The highest BCUT2D eigenvalue weighted by atomic mass is 19.3. The minimum atomic E-state index is -2.51. The molecule has 1 N–H and O–H groups in total. The van der Waals surface area contributed by atoms with Crippen LogP contribution in [-0.4, -0.2) is 47.1 Å². The zero-order valence-electron chi connectivity index (χ0n) is 11.4. The van der Waals surface area contributed by atoms with Crippen molar-refractivity contribution in [3.8, 4) is 0 Å². The predicted molar refractivity (Wildman–Crippen MR) is 68.6 cm³/mol. The third-order valence-corrected chi connectivity index (χ3v) is 4.12. The van der Waals surface area contributed by atoms with Crippen LogP contribution in [0.15, 0.2) is 4.52 Å². The molecule has 1 aliphatic carbocycles. The first kappa shape index (κ1) is 13.9. The Hall–Kier alpha value is -1.08. The number of halogens is 2. The van der Waals surface area contributed by atoms with Crippen molar-refractivity contribution >= 4 is 0 Å². The molecule has 20 heavy (non-hydrogen) atoms. The molecular formula is C13H20F2N4O. The van der Waals surface area contributed by atoms with Crippen molar-refractivity contribution in [2.45, 2.75) is 44.1 Å². The Morgan fingerprint density at radius 1 is 1.25 bits per heavy atom. The average molecular weight is 286 g/mol. The van der Waals surface area contributed by atoms with Gasteiger partial charge in [-0.1, -0.05) is 5.16 Å². The van der Waals surface area contributed by atoms with Crippen molar-refractivity contribution in [3.63, 3.8) is 0 Å². The quantitative estimate of drug-likeness (QED) is 0.917. The van der Waals surface area contributed by atoms with Crippen LogP contribution in [0.2, 0.25) is 0 Å². The van der Waals surface area contributed by atoms with Gasteiger partial charge in [0.25, 0.3) is 0 Å². The zero-order valence-corrected chi connectivity index (χ0v) is 11.4. The van der Waals surface area contributed by atoms with Gasteiger partial charge >= 0.3 is 0 Å². The largest absolute Gasteiger partial charge is 0.339 e. The molecule has 2 heterocycles. The Balaban J connectivity index is 1.56. The highest BCUT2D eigenvalue weighted by molar-refractivity contribution is 4.97. The summed E-state index contributed by atoms with van der Waals surface area (Å²) < 4.78 is 31.5. The van der Waals surface area contributed by atoms with Crippen LogP contribution < -0.4 is 5.32 Å². The lowest BCUT2D eigenvalue weighted by Crippen LogP contribution is -2.43. The topological polar surface area (TPSA) is 54.2 Å². The minimum absolute atomic E-state index is 0.00102. The van der Waals surface area contributed by atoms with E-state index in [1.165, 1.54) is 0 Å². The van der Waals surface area contributed by atoms with Gasteiger partial charge in [-0.2, -0.15) is 4.98 Å². The van der Waals surface area contributed by atoms with Gasteiger partial charge in [0.15, 0.2) is 5.82 Å². The molecule has 1 aliphatic heterocycles. The van der Waals surface area contributed by atoms with E-state index in [1.54, 1.807) is 0 Å². The first-order chi connectivity index (χ1) is 9.62. The van der Waals surface area contributed by atoms with Gasteiger partial charge in [0.05, 0.1) is 6.54 Å². The molecular weight excluding hydrogens is 266 g/mol. The molecule has 1 aromatic rings. The van der Waals surface area contributed by atoms with Gasteiger partial charge in [-0.15, -0.1) is 0 Å². The van der Waals surface area contributed by atoms with E-state index in [0.717, 1.165) is 26.2 Å². The Labute approximate surface area is 116 Å². The summed E-state index contributed by atoms with van der Waals surface area (Å²) >= 11 is 0. The first-order valence-electron chi connectivity index (χ1n) is 7.26. The monoisotopic (exact) mass is 286 g/mol. The number of hydrogen-bond acceptors (Lipinski definition) is 5. The number of rotatable bonds is 3. The number of alkyl halides is 2. The summed E-state index contributed by atoms with van der Waals surface area (Å²) in [6.45, 7) is 4.57. The van der Waals surface area contributed by atoms with Crippen LogP contribution in [0.5, 0.6) is 0 Å². The summed E-state index contributed by atoms with van der Waals surface area (Å²) in [5, 5.41) is 7.27. The molecule has 7 heteroatoms. The molecule has 1 saturated heterocycles. The standard InChI is InChI=1S/C13H20F2N4O/c14-13(15)3-1-10(2-4-13)12-17-11(18-20-12)9-19-7-5-16-6-8-19/h10,16H,1-9H2. The van der Waals surface area contributed by atoms with Crippen LogP contribution in [0.25, 0.3) is 0 Å². The molecule has 0 atom stereocenters. The first-order valence-corrected chi connectivity index (χ1v) is 7.26. The fraction of sp³-hybridized carbons (Fsp3) is 0.846. The lowest BCUT2D eigenvalue weighted by atomic mass is 9.87. The SMILES string of the molecule is FC1(F)CCC(c2nc(CN3CCNCC3)no2)CC1. The summed E-state index contributed by atoms with van der Waals surface area (Å²) in [7, 11) is 0. The maximum Gasteiger partial charge on any atom is 0.248 e. The van der Waals surface area contributed by atoms with Crippen molar-refractivity contribution < 1.29 is 13.3 Å². The normalized spacial score (nSPS) is 24.9. The Morgan fingerprint density at radius 2 is 1.95 bits per heavy atom. The van der Waals surface area contributed by atoms with Crippen LogP contribution in [-0.2, 0) is 6.54 Å². The number of hydrogen-bond donors (Lipinski definition) is 1. The van der Waals surface area contributed by atoms with Crippen LogP contribution in [0.3, 0.4) is 0 Å². The Morgan fingerprint density at radius 3 is 2.65 bits per heavy atom. The lowest BCUT2D eigenvalue weighted by Gasteiger charge is -2.26. The van der Waals surface area contributed by atoms with Crippen LogP contribution in [0.1, 0.15) is 43.3 Å². The number of aromatic nitrogens is 2. The van der Waals surface area contributed by atoms with Crippen molar-refractivity contribution in [2.24, 2.45) is 0 Å². The third kappa shape index (κ3) is 3.32. The molecule has 1 aromatic heterocycles. The van der Waals surface area contributed by atoms with Crippen LogP contribution in [0.4, 0.5) is 8.78 Å². The molecule has 2 fully saturated rings. The van der Waals surface area contributed by atoms with E-state index in [0.29, 0.717) is 31.1 Å². The van der Waals surface area contributed by atoms with E-state index in [2.05, 4.69) is 20.4 Å². The molecule has 0 amide bonds. The van der Waals surface area contributed by atoms with Gasteiger partial charge < -0.3 is 9.84 Å². The average Bonchev–Trinajstić information content (AvgIpc) is 2.88. The lowest BCUT2D eigenvalue weighted by molar-refractivity contribution is -0.0402. The van der Waals surface area contributed by atoms with Gasteiger partial charge in [0.2, 0.25) is 11.8 Å². The van der Waals surface area contributed by atoms with Gasteiger partial charge in [-0.3, -0.25) is 4.90 Å². The smallest absolute Gasteiger partial charge is 0.248 e. The second-order valence-electron chi connectivity index (χ2n) is 5.71. The maximum absolute atomic E-state index is 13.1. The van der Waals surface area contributed by atoms with E-state index in [4.69, 9.17) is 4.52 Å². The molecule has 0 radical (unpaired) electrons. The number of nitrogens with one attached hydrogen (secondary N) is 1. The fourth-order valence-corrected chi connectivity index (χ4v) is 2.85. The van der Waals surface area contributed by atoms with E-state index in [-0.39, 0.29) is 18.8 Å². The van der Waals surface area contributed by atoms with E-state index in [9.17, 15) is 8.78 Å². The van der Waals surface area contributed by atoms with E-state index >= 15 is 0 Å². The second-order valence-corrected chi connectivity index (χ2v) is 5.71. The minimum Gasteiger partial charge on any atom is -0.339 e. The molecule has 112 valence electrons. The van der Waals surface area contributed by atoms with Crippen molar-refractivity contribution in [1.82, 2.24) is 20.4 Å². The van der Waals surface area contributed by atoms with E-state index in [1.807, 2.05) is 0 Å². The molecule has 0 unspecified atom stereocenters. The predicted octanol–water partition coefficient (Wildman–Crippen LogP) is 1.77. The van der Waals surface area contributed by atoms with Gasteiger partial charge in [-0.05, 0) is 12.8 Å². The summed E-state index contributed by atoms with van der Waals surface area (Å²) in [4.78, 5) is 6.66. The Kier molecular flexibility index (Phi) is 3.98. The molecule has 0 bridgehead atoms. The van der Waals surface area contributed by atoms with Crippen LogP contribution >= 0.6 is 0 Å². The molecule has 5 nitrogen and oxygen atoms in total. The summed E-state index contributed by atoms with van der Waals surface area (Å²) in [6.07, 6.45) is 0.713. The van der Waals surface area contributed by atoms with E-state index < -0.39 is 5.92 Å². The van der Waals surface area contributed by atoms with Crippen molar-refractivity contribution in [1.29, 1.82) is 0 Å². The number of piperazine rings is 1.